The maximum Gasteiger partial charge on any atom is 0.124 e. The number of benzene rings is 1. The fourth-order valence-electron chi connectivity index (χ4n) is 2.06. The van der Waals surface area contributed by atoms with Crippen LogP contribution >= 0.6 is 15.9 Å². The Hall–Kier alpha value is -1.39. The minimum atomic E-state index is -0.00155. The molecule has 1 N–H and O–H groups in total. The molecule has 4 heteroatoms. The van der Waals surface area contributed by atoms with E-state index in [2.05, 4.69) is 32.3 Å². The molecule has 0 radical (unpaired) electrons. The van der Waals surface area contributed by atoms with Gasteiger partial charge in [0.15, 0.2) is 0 Å². The number of halogens is 1. The first-order valence-corrected chi connectivity index (χ1v) is 7.06. The van der Waals surface area contributed by atoms with Crippen LogP contribution in [0, 0.1) is 0 Å². The van der Waals surface area contributed by atoms with E-state index in [-0.39, 0.29) is 6.04 Å². The number of pyridine rings is 1. The van der Waals surface area contributed by atoms with Gasteiger partial charge in [-0.05, 0) is 48.1 Å². The summed E-state index contributed by atoms with van der Waals surface area (Å²) in [5.41, 5.74) is 2.04. The van der Waals surface area contributed by atoms with Crippen LogP contribution in [0.2, 0.25) is 0 Å². The topological polar surface area (TPSA) is 34.1 Å². The van der Waals surface area contributed by atoms with E-state index in [4.69, 9.17) is 4.74 Å². The summed E-state index contributed by atoms with van der Waals surface area (Å²) in [5.74, 6) is 0.891. The van der Waals surface area contributed by atoms with Crippen molar-refractivity contribution in [2.45, 2.75) is 13.0 Å². The summed E-state index contributed by atoms with van der Waals surface area (Å²) in [6.07, 6.45) is 1.80. The normalized spacial score (nSPS) is 12.2. The number of hydrogen-bond donors (Lipinski definition) is 1. The summed E-state index contributed by atoms with van der Waals surface area (Å²) in [6, 6.07) is 11.9. The molecule has 0 amide bonds. The van der Waals surface area contributed by atoms with Crippen LogP contribution in [0.25, 0.3) is 0 Å². The van der Waals surface area contributed by atoms with E-state index in [0.717, 1.165) is 21.5 Å². The average Bonchev–Trinajstić information content (AvgIpc) is 2.44. The molecule has 1 aromatic carbocycles. The lowest BCUT2D eigenvalue weighted by Gasteiger charge is -2.20. The summed E-state index contributed by atoms with van der Waals surface area (Å²) in [6.45, 7) is 2.64. The van der Waals surface area contributed by atoms with Crippen molar-refractivity contribution >= 4 is 15.9 Å². The number of rotatable bonds is 5. The van der Waals surface area contributed by atoms with Gasteiger partial charge in [-0.3, -0.25) is 4.98 Å². The molecule has 0 aliphatic rings. The zero-order valence-corrected chi connectivity index (χ0v) is 12.6. The highest BCUT2D eigenvalue weighted by molar-refractivity contribution is 9.10. The second-order valence-electron chi connectivity index (χ2n) is 4.06. The Morgan fingerprint density at radius 2 is 2.05 bits per heavy atom. The van der Waals surface area contributed by atoms with Crippen LogP contribution < -0.4 is 10.1 Å². The number of para-hydroxylation sites is 1. The van der Waals surface area contributed by atoms with Gasteiger partial charge in [0.05, 0.1) is 18.3 Å². The standard InChI is InChI=1S/C15H17BrN2O/c1-3-19-13-9-5-4-7-11(13)14(17-2)15-12(16)8-6-10-18-15/h4-10,14,17H,3H2,1-2H3. The van der Waals surface area contributed by atoms with E-state index in [0.29, 0.717) is 6.61 Å². The molecule has 2 rings (SSSR count). The highest BCUT2D eigenvalue weighted by Gasteiger charge is 2.19. The summed E-state index contributed by atoms with van der Waals surface area (Å²) >= 11 is 3.56. The van der Waals surface area contributed by atoms with Crippen molar-refractivity contribution in [3.05, 3.63) is 58.3 Å². The summed E-state index contributed by atoms with van der Waals surface area (Å²) in [4.78, 5) is 4.46. The van der Waals surface area contributed by atoms with Gasteiger partial charge in [-0.15, -0.1) is 0 Å². The van der Waals surface area contributed by atoms with E-state index in [1.54, 1.807) is 6.20 Å². The van der Waals surface area contributed by atoms with Crippen LogP contribution in [0.15, 0.2) is 47.1 Å². The molecule has 0 saturated carbocycles. The van der Waals surface area contributed by atoms with Gasteiger partial charge in [-0.2, -0.15) is 0 Å². The number of aromatic nitrogens is 1. The molecule has 0 fully saturated rings. The molecule has 1 aromatic heterocycles. The lowest BCUT2D eigenvalue weighted by Crippen LogP contribution is -2.20. The Bertz CT molecular complexity index is 545. The number of hydrogen-bond acceptors (Lipinski definition) is 3. The van der Waals surface area contributed by atoms with Gasteiger partial charge in [0.2, 0.25) is 0 Å². The molecule has 3 nitrogen and oxygen atoms in total. The van der Waals surface area contributed by atoms with Gasteiger partial charge in [0.25, 0.3) is 0 Å². The summed E-state index contributed by atoms with van der Waals surface area (Å²) < 4.78 is 6.68. The Kier molecular flexibility index (Phi) is 4.93. The quantitative estimate of drug-likeness (QED) is 0.914. The Morgan fingerprint density at radius 3 is 2.74 bits per heavy atom. The van der Waals surface area contributed by atoms with Crippen molar-refractivity contribution in [1.82, 2.24) is 10.3 Å². The number of nitrogens with zero attached hydrogens (tertiary/aromatic N) is 1. The van der Waals surface area contributed by atoms with Gasteiger partial charge in [0, 0.05) is 16.2 Å². The van der Waals surface area contributed by atoms with Crippen molar-refractivity contribution in [1.29, 1.82) is 0 Å². The third kappa shape index (κ3) is 3.14. The van der Waals surface area contributed by atoms with Crippen LogP contribution in [0.3, 0.4) is 0 Å². The molecule has 19 heavy (non-hydrogen) atoms. The third-order valence-electron chi connectivity index (χ3n) is 2.88. The van der Waals surface area contributed by atoms with Gasteiger partial charge in [0.1, 0.15) is 5.75 Å². The summed E-state index contributed by atoms with van der Waals surface area (Å²) in [5, 5.41) is 3.30. The molecule has 100 valence electrons. The molecule has 0 bridgehead atoms. The molecule has 0 spiro atoms. The fraction of sp³-hybridized carbons (Fsp3) is 0.267. The number of ether oxygens (including phenoxy) is 1. The van der Waals surface area contributed by atoms with Gasteiger partial charge < -0.3 is 10.1 Å². The first-order chi connectivity index (χ1) is 9.27. The molecular weight excluding hydrogens is 304 g/mol. The van der Waals surface area contributed by atoms with Gasteiger partial charge in [-0.25, -0.2) is 0 Å². The Morgan fingerprint density at radius 1 is 1.26 bits per heavy atom. The van der Waals surface area contributed by atoms with Gasteiger partial charge >= 0.3 is 0 Å². The maximum absolute atomic E-state index is 5.70. The predicted octanol–water partition coefficient (Wildman–Crippen LogP) is 3.55. The lowest BCUT2D eigenvalue weighted by atomic mass is 10.0. The summed E-state index contributed by atoms with van der Waals surface area (Å²) in [7, 11) is 1.93. The zero-order chi connectivity index (χ0) is 13.7. The van der Waals surface area contributed by atoms with Crippen LogP contribution in [-0.2, 0) is 0 Å². The first-order valence-electron chi connectivity index (χ1n) is 6.27. The second-order valence-corrected chi connectivity index (χ2v) is 4.92. The van der Waals surface area contributed by atoms with Crippen molar-refractivity contribution in [3.63, 3.8) is 0 Å². The van der Waals surface area contributed by atoms with Crippen molar-refractivity contribution in [3.8, 4) is 5.75 Å². The molecule has 1 atom stereocenters. The van der Waals surface area contributed by atoms with E-state index in [9.17, 15) is 0 Å². The van der Waals surface area contributed by atoms with Gasteiger partial charge in [-0.1, -0.05) is 18.2 Å². The Balaban J connectivity index is 2.45. The SMILES string of the molecule is CCOc1ccccc1C(NC)c1ncccc1Br. The van der Waals surface area contributed by atoms with Crippen LogP contribution in [0.5, 0.6) is 5.75 Å². The third-order valence-corrected chi connectivity index (χ3v) is 3.55. The molecule has 0 aliphatic heterocycles. The minimum absolute atomic E-state index is 0.00155. The molecule has 2 aromatic rings. The zero-order valence-electron chi connectivity index (χ0n) is 11.1. The lowest BCUT2D eigenvalue weighted by molar-refractivity contribution is 0.334. The fourth-order valence-corrected chi connectivity index (χ4v) is 2.54. The van der Waals surface area contributed by atoms with E-state index in [1.807, 2.05) is 44.3 Å². The van der Waals surface area contributed by atoms with E-state index < -0.39 is 0 Å². The molecular formula is C15H17BrN2O. The molecule has 1 heterocycles. The van der Waals surface area contributed by atoms with Crippen LogP contribution in [0.4, 0.5) is 0 Å². The van der Waals surface area contributed by atoms with Crippen molar-refractivity contribution < 1.29 is 4.74 Å². The number of nitrogens with one attached hydrogen (secondary N) is 1. The van der Waals surface area contributed by atoms with Crippen molar-refractivity contribution in [2.24, 2.45) is 0 Å². The smallest absolute Gasteiger partial charge is 0.124 e. The second kappa shape index (κ2) is 6.68. The largest absolute Gasteiger partial charge is 0.494 e. The maximum atomic E-state index is 5.70. The highest BCUT2D eigenvalue weighted by Crippen LogP contribution is 2.32. The van der Waals surface area contributed by atoms with Crippen LogP contribution in [0.1, 0.15) is 24.2 Å². The Labute approximate surface area is 122 Å². The monoisotopic (exact) mass is 320 g/mol. The molecule has 0 saturated heterocycles. The average molecular weight is 321 g/mol. The molecule has 0 aliphatic carbocycles. The van der Waals surface area contributed by atoms with Crippen molar-refractivity contribution in [2.75, 3.05) is 13.7 Å². The van der Waals surface area contributed by atoms with E-state index in [1.165, 1.54) is 0 Å². The van der Waals surface area contributed by atoms with E-state index >= 15 is 0 Å². The highest BCUT2D eigenvalue weighted by atomic mass is 79.9. The molecule has 1 unspecified atom stereocenters. The van der Waals surface area contributed by atoms with Crippen LogP contribution in [-0.4, -0.2) is 18.6 Å². The minimum Gasteiger partial charge on any atom is -0.494 e. The first kappa shape index (κ1) is 14.0. The predicted molar refractivity (Wildman–Crippen MR) is 80.5 cm³/mol.